The molecule has 0 atom stereocenters. The van der Waals surface area contributed by atoms with Crippen molar-refractivity contribution in [1.29, 1.82) is 5.26 Å². The minimum absolute atomic E-state index is 0.598. The minimum atomic E-state index is 0.598. The predicted molar refractivity (Wildman–Crippen MR) is 93.7 cm³/mol. The number of rotatable bonds is 3. The summed E-state index contributed by atoms with van der Waals surface area (Å²) in [6.07, 6.45) is 3.50. The van der Waals surface area contributed by atoms with Crippen molar-refractivity contribution in [2.24, 2.45) is 0 Å². The van der Waals surface area contributed by atoms with Crippen LogP contribution in [0.5, 0.6) is 0 Å². The summed E-state index contributed by atoms with van der Waals surface area (Å²) in [5.74, 6) is 0. The highest BCUT2D eigenvalue weighted by molar-refractivity contribution is 6.30. The van der Waals surface area contributed by atoms with Gasteiger partial charge >= 0.3 is 0 Å². The third kappa shape index (κ3) is 3.31. The molecule has 0 N–H and O–H groups in total. The molecule has 3 aromatic rings. The molecular formula is C20H13ClN2. The van der Waals surface area contributed by atoms with Crippen LogP contribution in [0.1, 0.15) is 16.7 Å². The van der Waals surface area contributed by atoms with E-state index in [2.05, 4.69) is 11.1 Å². The maximum Gasteiger partial charge on any atom is 0.100 e. The number of hydrogen-bond acceptors (Lipinski definition) is 2. The van der Waals surface area contributed by atoms with Gasteiger partial charge in [-0.05, 0) is 29.3 Å². The molecule has 0 saturated carbocycles. The molecule has 0 unspecified atom stereocenters. The standard InChI is InChI=1S/C20H13ClN2/c21-18-10-8-15(9-11-18)19(13-22)20(16-5-2-1-3-6-16)17-7-4-12-23-14-17/h1-12,14H/b20-19-. The second-order valence-electron chi connectivity index (χ2n) is 4.98. The minimum Gasteiger partial charge on any atom is -0.264 e. The summed E-state index contributed by atoms with van der Waals surface area (Å²) in [6, 6.07) is 23.4. The smallest absolute Gasteiger partial charge is 0.100 e. The lowest BCUT2D eigenvalue weighted by molar-refractivity contribution is 1.31. The average Bonchev–Trinajstić information content (AvgIpc) is 2.62. The van der Waals surface area contributed by atoms with Gasteiger partial charge in [-0.15, -0.1) is 0 Å². The number of allylic oxidation sites excluding steroid dienone is 1. The molecule has 23 heavy (non-hydrogen) atoms. The fourth-order valence-electron chi connectivity index (χ4n) is 2.45. The summed E-state index contributed by atoms with van der Waals surface area (Å²) < 4.78 is 0. The van der Waals surface area contributed by atoms with Crippen molar-refractivity contribution in [2.45, 2.75) is 0 Å². The molecule has 0 bridgehead atoms. The number of halogens is 1. The molecule has 3 rings (SSSR count). The summed E-state index contributed by atoms with van der Waals surface area (Å²) in [6.45, 7) is 0. The fraction of sp³-hybridized carbons (Fsp3) is 0. The Labute approximate surface area is 140 Å². The van der Waals surface area contributed by atoms with E-state index in [0.717, 1.165) is 22.3 Å². The van der Waals surface area contributed by atoms with Crippen LogP contribution in [0.4, 0.5) is 0 Å². The van der Waals surface area contributed by atoms with Crippen molar-refractivity contribution in [3.63, 3.8) is 0 Å². The molecule has 3 heteroatoms. The molecular weight excluding hydrogens is 304 g/mol. The van der Waals surface area contributed by atoms with E-state index in [9.17, 15) is 5.26 Å². The first kappa shape index (κ1) is 15.0. The van der Waals surface area contributed by atoms with Gasteiger partial charge in [0, 0.05) is 28.6 Å². The number of hydrogen-bond donors (Lipinski definition) is 0. The highest BCUT2D eigenvalue weighted by Crippen LogP contribution is 2.31. The van der Waals surface area contributed by atoms with Crippen LogP contribution < -0.4 is 0 Å². The zero-order valence-corrected chi connectivity index (χ0v) is 13.0. The molecule has 0 spiro atoms. The second-order valence-corrected chi connectivity index (χ2v) is 5.41. The van der Waals surface area contributed by atoms with Gasteiger partial charge in [-0.3, -0.25) is 4.98 Å². The number of benzene rings is 2. The Morgan fingerprint density at radius 3 is 2.13 bits per heavy atom. The third-order valence-corrected chi connectivity index (χ3v) is 3.76. The molecule has 0 aliphatic rings. The first-order valence-corrected chi connectivity index (χ1v) is 7.53. The van der Waals surface area contributed by atoms with E-state index in [1.807, 2.05) is 54.6 Å². The van der Waals surface area contributed by atoms with Crippen molar-refractivity contribution >= 4 is 22.7 Å². The third-order valence-electron chi connectivity index (χ3n) is 3.51. The van der Waals surface area contributed by atoms with Gasteiger partial charge < -0.3 is 0 Å². The summed E-state index contributed by atoms with van der Waals surface area (Å²) >= 11 is 5.96. The van der Waals surface area contributed by atoms with Crippen LogP contribution in [0, 0.1) is 11.3 Å². The van der Waals surface area contributed by atoms with Crippen LogP contribution in [0.15, 0.2) is 79.1 Å². The van der Waals surface area contributed by atoms with E-state index >= 15 is 0 Å². The lowest BCUT2D eigenvalue weighted by Gasteiger charge is -2.12. The Bertz CT molecular complexity index is 820. The molecule has 2 nitrogen and oxygen atoms in total. The van der Waals surface area contributed by atoms with Crippen LogP contribution in [0.25, 0.3) is 11.1 Å². The maximum absolute atomic E-state index is 9.78. The van der Waals surface area contributed by atoms with Gasteiger partial charge in [0.05, 0.1) is 5.57 Å². The molecule has 110 valence electrons. The molecule has 0 saturated heterocycles. The first-order chi connectivity index (χ1) is 11.3. The predicted octanol–water partition coefficient (Wildman–Crippen LogP) is 5.22. The van der Waals surface area contributed by atoms with Crippen molar-refractivity contribution in [2.75, 3.05) is 0 Å². The zero-order valence-electron chi connectivity index (χ0n) is 12.3. The van der Waals surface area contributed by atoms with Crippen molar-refractivity contribution in [3.8, 4) is 6.07 Å². The molecule has 0 radical (unpaired) electrons. The Morgan fingerprint density at radius 2 is 1.52 bits per heavy atom. The van der Waals surface area contributed by atoms with E-state index in [1.54, 1.807) is 24.5 Å². The van der Waals surface area contributed by atoms with Gasteiger partial charge in [-0.2, -0.15) is 5.26 Å². The average molecular weight is 317 g/mol. The number of nitrogens with zero attached hydrogens (tertiary/aromatic N) is 2. The Balaban J connectivity index is 2.28. The Hall–Kier alpha value is -2.89. The zero-order chi connectivity index (χ0) is 16.1. The Kier molecular flexibility index (Phi) is 4.52. The van der Waals surface area contributed by atoms with Crippen molar-refractivity contribution < 1.29 is 0 Å². The second kappa shape index (κ2) is 6.91. The monoisotopic (exact) mass is 316 g/mol. The first-order valence-electron chi connectivity index (χ1n) is 7.16. The van der Waals surface area contributed by atoms with Crippen LogP contribution in [-0.2, 0) is 0 Å². The highest BCUT2D eigenvalue weighted by Gasteiger charge is 2.13. The SMILES string of the molecule is N#C/C(=C(\c1ccccc1)c1cccnc1)c1ccc(Cl)cc1. The molecule has 0 aliphatic heterocycles. The van der Waals surface area contributed by atoms with Crippen molar-refractivity contribution in [3.05, 3.63) is 101 Å². The molecule has 1 aromatic heterocycles. The largest absolute Gasteiger partial charge is 0.264 e. The van der Waals surface area contributed by atoms with Gasteiger partial charge in [0.2, 0.25) is 0 Å². The van der Waals surface area contributed by atoms with Crippen LogP contribution >= 0.6 is 11.6 Å². The van der Waals surface area contributed by atoms with Crippen LogP contribution in [0.3, 0.4) is 0 Å². The number of nitriles is 1. The normalized spacial score (nSPS) is 11.5. The van der Waals surface area contributed by atoms with Gasteiger partial charge in [0.25, 0.3) is 0 Å². The van der Waals surface area contributed by atoms with Crippen molar-refractivity contribution in [1.82, 2.24) is 4.98 Å². The topological polar surface area (TPSA) is 36.7 Å². The number of pyridine rings is 1. The summed E-state index contributed by atoms with van der Waals surface area (Å²) in [5, 5.41) is 10.4. The number of aromatic nitrogens is 1. The van der Waals surface area contributed by atoms with Gasteiger partial charge in [0.15, 0.2) is 0 Å². The highest BCUT2D eigenvalue weighted by atomic mass is 35.5. The lowest BCUT2D eigenvalue weighted by atomic mass is 9.91. The van der Waals surface area contributed by atoms with Crippen LogP contribution in [0.2, 0.25) is 5.02 Å². The van der Waals surface area contributed by atoms with Gasteiger partial charge in [-0.1, -0.05) is 60.1 Å². The quantitative estimate of drug-likeness (QED) is 0.491. The van der Waals surface area contributed by atoms with Gasteiger partial charge in [0.1, 0.15) is 6.07 Å². The molecule has 1 heterocycles. The molecule has 2 aromatic carbocycles. The molecule has 0 aliphatic carbocycles. The van der Waals surface area contributed by atoms with E-state index in [1.165, 1.54) is 0 Å². The fourth-order valence-corrected chi connectivity index (χ4v) is 2.58. The van der Waals surface area contributed by atoms with Gasteiger partial charge in [-0.25, -0.2) is 0 Å². The van der Waals surface area contributed by atoms with E-state index in [4.69, 9.17) is 11.6 Å². The summed E-state index contributed by atoms with van der Waals surface area (Å²) in [5.41, 5.74) is 4.18. The summed E-state index contributed by atoms with van der Waals surface area (Å²) in [7, 11) is 0. The van der Waals surface area contributed by atoms with Crippen LogP contribution in [-0.4, -0.2) is 4.98 Å². The lowest BCUT2D eigenvalue weighted by Crippen LogP contribution is -1.94. The maximum atomic E-state index is 9.78. The summed E-state index contributed by atoms with van der Waals surface area (Å²) in [4.78, 5) is 4.19. The van der Waals surface area contributed by atoms with E-state index in [-0.39, 0.29) is 0 Å². The van der Waals surface area contributed by atoms with E-state index in [0.29, 0.717) is 10.6 Å². The molecule has 0 fully saturated rings. The van der Waals surface area contributed by atoms with E-state index < -0.39 is 0 Å². The molecule has 0 amide bonds. The Morgan fingerprint density at radius 1 is 0.826 bits per heavy atom.